The molecule has 0 saturated carbocycles. The Labute approximate surface area is 109 Å². The second-order valence-corrected chi connectivity index (χ2v) is 4.82. The second-order valence-electron chi connectivity index (χ2n) is 3.90. The van der Waals surface area contributed by atoms with Crippen LogP contribution in [0.1, 0.15) is 6.42 Å². The smallest absolute Gasteiger partial charge is 0.265 e. The van der Waals surface area contributed by atoms with E-state index in [0.717, 1.165) is 28.9 Å². The molecule has 1 aromatic carbocycles. The number of hydrogen-bond acceptors (Lipinski definition) is 3. The Kier molecular flexibility index (Phi) is 4.02. The number of carbonyl (C=O) groups excluding carboxylic acids is 1. The van der Waals surface area contributed by atoms with Crippen LogP contribution in [0.2, 0.25) is 0 Å². The first kappa shape index (κ1) is 12.4. The quantitative estimate of drug-likeness (QED) is 0.862. The lowest BCUT2D eigenvalue weighted by atomic mass is 10.2. The Bertz CT molecular complexity index is 423. The van der Waals surface area contributed by atoms with Gasteiger partial charge in [-0.15, -0.1) is 0 Å². The van der Waals surface area contributed by atoms with Gasteiger partial charge in [0.05, 0.1) is 5.69 Å². The maximum atomic E-state index is 11.8. The number of anilines is 1. The molecule has 4 nitrogen and oxygen atoms in total. The fourth-order valence-corrected chi connectivity index (χ4v) is 2.18. The summed E-state index contributed by atoms with van der Waals surface area (Å²) in [6.07, 6.45) is 0.925. The second kappa shape index (κ2) is 5.51. The van der Waals surface area contributed by atoms with E-state index in [4.69, 9.17) is 4.74 Å². The molecule has 0 fully saturated rings. The molecule has 0 unspecified atom stereocenters. The average Bonchev–Trinajstić information content (AvgIpc) is 2.32. The van der Waals surface area contributed by atoms with Crippen LogP contribution in [0.15, 0.2) is 22.7 Å². The summed E-state index contributed by atoms with van der Waals surface area (Å²) in [5.41, 5.74) is 0.853. The number of hydrogen-bond donors (Lipinski definition) is 1. The van der Waals surface area contributed by atoms with Gasteiger partial charge in [0.1, 0.15) is 5.75 Å². The highest BCUT2D eigenvalue weighted by molar-refractivity contribution is 9.10. The molecule has 92 valence electrons. The molecule has 0 radical (unpaired) electrons. The van der Waals surface area contributed by atoms with Crippen LogP contribution >= 0.6 is 15.9 Å². The summed E-state index contributed by atoms with van der Waals surface area (Å²) in [5, 5.41) is 3.08. The van der Waals surface area contributed by atoms with Crippen LogP contribution in [0, 0.1) is 0 Å². The molecule has 0 atom stereocenters. The fraction of sp³-hybridized carbons (Fsp3) is 0.417. The van der Waals surface area contributed by atoms with Crippen molar-refractivity contribution < 1.29 is 9.53 Å². The summed E-state index contributed by atoms with van der Waals surface area (Å²) in [5.74, 6) is 0.795. The van der Waals surface area contributed by atoms with Gasteiger partial charge in [0.2, 0.25) is 0 Å². The van der Waals surface area contributed by atoms with Gasteiger partial charge in [-0.3, -0.25) is 4.79 Å². The highest BCUT2D eigenvalue weighted by Crippen LogP contribution is 2.34. The lowest BCUT2D eigenvalue weighted by molar-refractivity contribution is -0.121. The van der Waals surface area contributed by atoms with Crippen molar-refractivity contribution in [3.05, 3.63) is 22.7 Å². The summed E-state index contributed by atoms with van der Waals surface area (Å²) in [6, 6.07) is 5.73. The molecule has 0 bridgehead atoms. The van der Waals surface area contributed by atoms with Crippen LogP contribution in [-0.2, 0) is 4.79 Å². The van der Waals surface area contributed by atoms with Crippen LogP contribution in [0.3, 0.4) is 0 Å². The number of halogens is 1. The normalized spacial score (nSPS) is 14.5. The van der Waals surface area contributed by atoms with Gasteiger partial charge in [-0.25, -0.2) is 0 Å². The molecule has 1 aliphatic heterocycles. The van der Waals surface area contributed by atoms with Crippen molar-refractivity contribution in [1.29, 1.82) is 0 Å². The Morgan fingerprint density at radius 3 is 3.12 bits per heavy atom. The van der Waals surface area contributed by atoms with Gasteiger partial charge >= 0.3 is 0 Å². The Hall–Kier alpha value is -1.07. The van der Waals surface area contributed by atoms with Gasteiger partial charge in [0.25, 0.3) is 5.91 Å². The minimum absolute atomic E-state index is 0.0201. The van der Waals surface area contributed by atoms with E-state index in [1.165, 1.54) is 0 Å². The standard InChI is InChI=1S/C12H15BrN2O2/c1-14-5-2-6-15-10-7-9(13)3-4-11(10)17-8-12(15)16/h3-4,7,14H,2,5-6,8H2,1H3. The first-order valence-electron chi connectivity index (χ1n) is 5.59. The van der Waals surface area contributed by atoms with Gasteiger partial charge in [-0.05, 0) is 38.2 Å². The number of nitrogens with one attached hydrogen (secondary N) is 1. The topological polar surface area (TPSA) is 41.6 Å². The summed E-state index contributed by atoms with van der Waals surface area (Å²) in [6.45, 7) is 1.74. The Balaban J connectivity index is 2.20. The van der Waals surface area contributed by atoms with Crippen molar-refractivity contribution in [2.75, 3.05) is 31.6 Å². The van der Waals surface area contributed by atoms with Crippen molar-refractivity contribution >= 4 is 27.5 Å². The minimum atomic E-state index is 0.0201. The molecule has 1 aromatic rings. The Morgan fingerprint density at radius 2 is 2.35 bits per heavy atom. The minimum Gasteiger partial charge on any atom is -0.482 e. The van der Waals surface area contributed by atoms with Crippen LogP contribution in [0.25, 0.3) is 0 Å². The molecule has 1 amide bonds. The number of fused-ring (bicyclic) bond motifs is 1. The van der Waals surface area contributed by atoms with E-state index in [1.54, 1.807) is 4.90 Å². The zero-order chi connectivity index (χ0) is 12.3. The highest BCUT2D eigenvalue weighted by Gasteiger charge is 2.24. The van der Waals surface area contributed by atoms with Crippen molar-refractivity contribution in [1.82, 2.24) is 5.32 Å². The third-order valence-corrected chi connectivity index (χ3v) is 3.17. The Morgan fingerprint density at radius 1 is 1.53 bits per heavy atom. The van der Waals surface area contributed by atoms with E-state index >= 15 is 0 Å². The third kappa shape index (κ3) is 2.79. The largest absolute Gasteiger partial charge is 0.482 e. The molecule has 1 aliphatic rings. The summed E-state index contributed by atoms with van der Waals surface area (Å²) in [4.78, 5) is 13.6. The predicted octanol–water partition coefficient (Wildman–Crippen LogP) is 1.78. The van der Waals surface area contributed by atoms with Crippen LogP contribution in [0.4, 0.5) is 5.69 Å². The van der Waals surface area contributed by atoms with E-state index in [1.807, 2.05) is 25.2 Å². The highest BCUT2D eigenvalue weighted by atomic mass is 79.9. The lowest BCUT2D eigenvalue weighted by Gasteiger charge is -2.29. The van der Waals surface area contributed by atoms with Gasteiger partial charge in [0.15, 0.2) is 6.61 Å². The molecule has 5 heteroatoms. The first-order chi connectivity index (χ1) is 8.22. The van der Waals surface area contributed by atoms with Crippen LogP contribution in [0.5, 0.6) is 5.75 Å². The average molecular weight is 299 g/mol. The number of benzene rings is 1. The number of amides is 1. The molecule has 0 spiro atoms. The summed E-state index contributed by atoms with van der Waals surface area (Å²) < 4.78 is 6.35. The van der Waals surface area contributed by atoms with E-state index < -0.39 is 0 Å². The molecular weight excluding hydrogens is 284 g/mol. The maximum absolute atomic E-state index is 11.8. The molecule has 1 heterocycles. The zero-order valence-corrected chi connectivity index (χ0v) is 11.3. The van der Waals surface area contributed by atoms with Crippen LogP contribution in [-0.4, -0.2) is 32.7 Å². The van der Waals surface area contributed by atoms with E-state index in [2.05, 4.69) is 21.2 Å². The van der Waals surface area contributed by atoms with Crippen molar-refractivity contribution in [2.45, 2.75) is 6.42 Å². The summed E-state index contributed by atoms with van der Waals surface area (Å²) in [7, 11) is 1.91. The molecule has 0 aromatic heterocycles. The van der Waals surface area contributed by atoms with Gasteiger partial charge in [-0.2, -0.15) is 0 Å². The number of ether oxygens (including phenoxy) is 1. The maximum Gasteiger partial charge on any atom is 0.265 e. The van der Waals surface area contributed by atoms with Crippen molar-refractivity contribution in [3.8, 4) is 5.75 Å². The van der Waals surface area contributed by atoms with Crippen LogP contribution < -0.4 is 15.0 Å². The van der Waals surface area contributed by atoms with Crippen molar-refractivity contribution in [3.63, 3.8) is 0 Å². The van der Waals surface area contributed by atoms with E-state index in [9.17, 15) is 4.79 Å². The molecule has 1 N–H and O–H groups in total. The fourth-order valence-electron chi connectivity index (χ4n) is 1.83. The van der Waals surface area contributed by atoms with E-state index in [0.29, 0.717) is 6.54 Å². The lowest BCUT2D eigenvalue weighted by Crippen LogP contribution is -2.40. The molecule has 2 rings (SSSR count). The number of rotatable bonds is 4. The summed E-state index contributed by atoms with van der Waals surface area (Å²) >= 11 is 3.41. The van der Waals surface area contributed by atoms with Gasteiger partial charge < -0.3 is 15.0 Å². The zero-order valence-electron chi connectivity index (χ0n) is 9.70. The first-order valence-corrected chi connectivity index (χ1v) is 6.39. The molecule has 17 heavy (non-hydrogen) atoms. The molecule has 0 saturated heterocycles. The SMILES string of the molecule is CNCCCN1C(=O)COc2ccc(Br)cc21. The van der Waals surface area contributed by atoms with Gasteiger partial charge in [0, 0.05) is 11.0 Å². The third-order valence-electron chi connectivity index (χ3n) is 2.67. The molecule has 0 aliphatic carbocycles. The monoisotopic (exact) mass is 298 g/mol. The van der Waals surface area contributed by atoms with Crippen molar-refractivity contribution in [2.24, 2.45) is 0 Å². The number of carbonyl (C=O) groups is 1. The number of nitrogens with zero attached hydrogens (tertiary/aromatic N) is 1. The van der Waals surface area contributed by atoms with Gasteiger partial charge in [-0.1, -0.05) is 15.9 Å². The van der Waals surface area contributed by atoms with E-state index in [-0.39, 0.29) is 12.5 Å². The molecular formula is C12H15BrN2O2. The predicted molar refractivity (Wildman–Crippen MR) is 70.5 cm³/mol.